The second-order valence-electron chi connectivity index (χ2n) is 6.29. The molecular weight excluding hydrogens is 360 g/mol. The third kappa shape index (κ3) is 2.95. The van der Waals surface area contributed by atoms with Crippen LogP contribution in [0.1, 0.15) is 10.4 Å². The zero-order chi connectivity index (χ0) is 19.1. The van der Waals surface area contributed by atoms with Crippen molar-refractivity contribution >= 4 is 27.7 Å². The largest absolute Gasteiger partial charge is 0.357 e. The van der Waals surface area contributed by atoms with Gasteiger partial charge in [0.2, 0.25) is 11.8 Å². The van der Waals surface area contributed by atoms with Gasteiger partial charge in [0, 0.05) is 26.7 Å². The van der Waals surface area contributed by atoms with E-state index in [4.69, 9.17) is 0 Å². The number of benzene rings is 1. The van der Waals surface area contributed by atoms with Crippen molar-refractivity contribution < 1.29 is 22.8 Å². The van der Waals surface area contributed by atoms with Crippen LogP contribution in [0, 0.1) is 0 Å². The number of fused-ring (bicyclic) bond motifs is 1. The highest BCUT2D eigenvalue weighted by molar-refractivity contribution is 7.90. The summed E-state index contributed by atoms with van der Waals surface area (Å²) in [5.41, 5.74) is 0.0570. The molecule has 1 N–H and O–H groups in total. The van der Waals surface area contributed by atoms with E-state index in [1.165, 1.54) is 30.1 Å². The van der Waals surface area contributed by atoms with E-state index in [0.29, 0.717) is 17.4 Å². The second kappa shape index (κ2) is 6.69. The minimum Gasteiger partial charge on any atom is -0.357 e. The van der Waals surface area contributed by atoms with Crippen molar-refractivity contribution in [3.63, 3.8) is 0 Å². The molecule has 1 aromatic rings. The molecule has 2 heterocycles. The van der Waals surface area contributed by atoms with Gasteiger partial charge < -0.3 is 15.1 Å². The van der Waals surface area contributed by atoms with Crippen molar-refractivity contribution in [3.8, 4) is 0 Å². The summed E-state index contributed by atoms with van der Waals surface area (Å²) in [6, 6.07) is 5.13. The zero-order valence-electron chi connectivity index (χ0n) is 14.5. The average molecular weight is 380 g/mol. The third-order valence-corrected chi connectivity index (χ3v) is 6.43. The molecule has 1 unspecified atom stereocenters. The predicted molar refractivity (Wildman–Crippen MR) is 91.7 cm³/mol. The minimum atomic E-state index is -4.06. The van der Waals surface area contributed by atoms with E-state index in [0.717, 1.165) is 0 Å². The summed E-state index contributed by atoms with van der Waals surface area (Å²) in [7, 11) is -0.745. The summed E-state index contributed by atoms with van der Waals surface area (Å²) in [5.74, 6) is -1.63. The lowest BCUT2D eigenvalue weighted by Gasteiger charge is -2.39. The Labute approximate surface area is 151 Å². The molecule has 10 heteroatoms. The van der Waals surface area contributed by atoms with Crippen LogP contribution in [0.4, 0.5) is 0 Å². The van der Waals surface area contributed by atoms with Gasteiger partial charge in [0.15, 0.2) is 0 Å². The van der Waals surface area contributed by atoms with Crippen LogP contribution in [-0.4, -0.2) is 86.6 Å². The van der Waals surface area contributed by atoms with Gasteiger partial charge in [-0.2, -0.15) is 0 Å². The van der Waals surface area contributed by atoms with E-state index in [1.54, 1.807) is 6.07 Å². The van der Waals surface area contributed by atoms with E-state index in [1.807, 2.05) is 11.9 Å². The van der Waals surface area contributed by atoms with Crippen molar-refractivity contribution in [1.82, 2.24) is 19.4 Å². The number of carbonyl (C=O) groups is 3. The Hall–Kier alpha value is -2.46. The van der Waals surface area contributed by atoms with Gasteiger partial charge in [-0.1, -0.05) is 12.1 Å². The monoisotopic (exact) mass is 380 g/mol. The Morgan fingerprint density at radius 1 is 1.23 bits per heavy atom. The van der Waals surface area contributed by atoms with Crippen LogP contribution in [0.15, 0.2) is 29.2 Å². The molecule has 26 heavy (non-hydrogen) atoms. The first-order chi connectivity index (χ1) is 12.3. The number of rotatable bonds is 3. The van der Waals surface area contributed by atoms with E-state index >= 15 is 0 Å². The van der Waals surface area contributed by atoms with Crippen LogP contribution in [0.5, 0.6) is 0 Å². The molecule has 3 amide bonds. The van der Waals surface area contributed by atoms with E-state index in [2.05, 4.69) is 5.32 Å². The number of sulfonamides is 1. The van der Waals surface area contributed by atoms with E-state index in [-0.39, 0.29) is 22.9 Å². The number of piperazine rings is 1. The lowest BCUT2D eigenvalue weighted by molar-refractivity contribution is -0.143. The first-order valence-corrected chi connectivity index (χ1v) is 9.57. The standard InChI is InChI=1S/C16H20N4O5S/c1-17-15(22)12-9-18(2)7-8-19(12)14(21)10-20-16(23)11-5-3-4-6-13(11)26(20,24)25/h3-6,12H,7-10H2,1-2H3,(H,17,22). The maximum absolute atomic E-state index is 12.7. The maximum Gasteiger partial charge on any atom is 0.269 e. The fourth-order valence-corrected chi connectivity index (χ4v) is 4.73. The Balaban J connectivity index is 1.84. The van der Waals surface area contributed by atoms with Gasteiger partial charge in [-0.15, -0.1) is 0 Å². The van der Waals surface area contributed by atoms with Gasteiger partial charge in [0.1, 0.15) is 17.5 Å². The van der Waals surface area contributed by atoms with Crippen LogP contribution < -0.4 is 5.32 Å². The molecule has 1 saturated heterocycles. The van der Waals surface area contributed by atoms with Crippen LogP contribution in [-0.2, 0) is 19.6 Å². The molecule has 2 aliphatic rings. The molecule has 1 fully saturated rings. The molecule has 0 saturated carbocycles. The first-order valence-electron chi connectivity index (χ1n) is 8.13. The van der Waals surface area contributed by atoms with Gasteiger partial charge in [0.25, 0.3) is 15.9 Å². The summed E-state index contributed by atoms with van der Waals surface area (Å²) in [6.07, 6.45) is 0. The quantitative estimate of drug-likeness (QED) is 0.700. The molecule has 1 atom stereocenters. The van der Waals surface area contributed by atoms with Crippen molar-refractivity contribution in [2.45, 2.75) is 10.9 Å². The number of hydrogen-bond acceptors (Lipinski definition) is 6. The average Bonchev–Trinajstić information content (AvgIpc) is 2.82. The Morgan fingerprint density at radius 3 is 2.58 bits per heavy atom. The number of likely N-dealkylation sites (N-methyl/N-ethyl adjacent to an activating group) is 2. The molecule has 0 aromatic heterocycles. The minimum absolute atomic E-state index is 0.0570. The predicted octanol–water partition coefficient (Wildman–Crippen LogP) is -1.28. The van der Waals surface area contributed by atoms with Crippen LogP contribution >= 0.6 is 0 Å². The van der Waals surface area contributed by atoms with Crippen molar-refractivity contribution in [2.75, 3.05) is 40.3 Å². The number of nitrogens with one attached hydrogen (secondary N) is 1. The number of amides is 3. The maximum atomic E-state index is 12.7. The number of nitrogens with zero attached hydrogens (tertiary/aromatic N) is 3. The summed E-state index contributed by atoms with van der Waals surface area (Å²) >= 11 is 0. The van der Waals surface area contributed by atoms with Crippen molar-refractivity contribution in [1.29, 1.82) is 0 Å². The first kappa shape index (κ1) is 18.3. The Kier molecular flexibility index (Phi) is 4.72. The molecule has 0 aliphatic carbocycles. The topological polar surface area (TPSA) is 107 Å². The highest BCUT2D eigenvalue weighted by atomic mass is 32.2. The number of hydrogen-bond donors (Lipinski definition) is 1. The zero-order valence-corrected chi connectivity index (χ0v) is 15.3. The van der Waals surface area contributed by atoms with Crippen LogP contribution in [0.3, 0.4) is 0 Å². The summed E-state index contributed by atoms with van der Waals surface area (Å²) in [5, 5.41) is 2.51. The molecule has 140 valence electrons. The molecule has 2 aliphatic heterocycles. The van der Waals surface area contributed by atoms with Crippen molar-refractivity contribution in [3.05, 3.63) is 29.8 Å². The van der Waals surface area contributed by atoms with Gasteiger partial charge in [0.05, 0.1) is 5.56 Å². The van der Waals surface area contributed by atoms with E-state index < -0.39 is 34.4 Å². The van der Waals surface area contributed by atoms with Gasteiger partial charge in [-0.05, 0) is 19.2 Å². The smallest absolute Gasteiger partial charge is 0.269 e. The van der Waals surface area contributed by atoms with E-state index in [9.17, 15) is 22.8 Å². The molecule has 3 rings (SSSR count). The van der Waals surface area contributed by atoms with Crippen molar-refractivity contribution in [2.24, 2.45) is 0 Å². The van der Waals surface area contributed by atoms with Gasteiger partial charge in [-0.25, -0.2) is 12.7 Å². The van der Waals surface area contributed by atoms with Crippen LogP contribution in [0.25, 0.3) is 0 Å². The molecule has 9 nitrogen and oxygen atoms in total. The summed E-state index contributed by atoms with van der Waals surface area (Å²) < 4.78 is 25.7. The molecule has 0 radical (unpaired) electrons. The molecular formula is C16H20N4O5S. The SMILES string of the molecule is CNC(=O)C1CN(C)CCN1C(=O)CN1C(=O)c2ccccc2S1(=O)=O. The molecule has 0 bridgehead atoms. The molecule has 0 spiro atoms. The normalized spacial score (nSPS) is 22.2. The number of carbonyl (C=O) groups excluding carboxylic acids is 3. The summed E-state index contributed by atoms with van der Waals surface area (Å²) in [6.45, 7) is 0.558. The molecule has 1 aromatic carbocycles. The van der Waals surface area contributed by atoms with Gasteiger partial charge >= 0.3 is 0 Å². The Morgan fingerprint density at radius 2 is 1.92 bits per heavy atom. The lowest BCUT2D eigenvalue weighted by atomic mass is 10.1. The summed E-state index contributed by atoms with van der Waals surface area (Å²) in [4.78, 5) is 40.4. The third-order valence-electron chi connectivity index (χ3n) is 4.64. The second-order valence-corrected chi connectivity index (χ2v) is 8.12. The highest BCUT2D eigenvalue weighted by Gasteiger charge is 2.43. The van der Waals surface area contributed by atoms with Gasteiger partial charge in [-0.3, -0.25) is 14.4 Å². The fourth-order valence-electron chi connectivity index (χ4n) is 3.21. The highest BCUT2D eigenvalue weighted by Crippen LogP contribution is 2.29. The fraction of sp³-hybridized carbons (Fsp3) is 0.438. The van der Waals surface area contributed by atoms with Crippen LogP contribution in [0.2, 0.25) is 0 Å². The Bertz CT molecular complexity index is 869. The lowest BCUT2D eigenvalue weighted by Crippen LogP contribution is -2.61.